The van der Waals surface area contributed by atoms with Gasteiger partial charge in [0.2, 0.25) is 0 Å². The van der Waals surface area contributed by atoms with E-state index in [0.717, 1.165) is 10.6 Å². The van der Waals surface area contributed by atoms with Gasteiger partial charge in [0.25, 0.3) is 11.8 Å². The summed E-state index contributed by atoms with van der Waals surface area (Å²) in [6.07, 6.45) is 1.58. The van der Waals surface area contributed by atoms with E-state index in [1.807, 2.05) is 30.3 Å². The molecule has 0 bridgehead atoms. The van der Waals surface area contributed by atoms with Crippen molar-refractivity contribution < 1.29 is 23.9 Å². The molecule has 194 valence electrons. The van der Waals surface area contributed by atoms with E-state index in [9.17, 15) is 19.5 Å². The Balaban J connectivity index is 1.35. The van der Waals surface area contributed by atoms with E-state index in [1.54, 1.807) is 55.5 Å². The third-order valence-corrected chi connectivity index (χ3v) is 6.43. The van der Waals surface area contributed by atoms with Crippen LogP contribution in [0, 0.1) is 0 Å². The first kappa shape index (κ1) is 25.7. The zero-order chi connectivity index (χ0) is 27.5. The van der Waals surface area contributed by atoms with Gasteiger partial charge in [-0.1, -0.05) is 48.0 Å². The maximum Gasteiger partial charge on any atom is 0.335 e. The summed E-state index contributed by atoms with van der Waals surface area (Å²) in [6.45, 7) is 2.05. The summed E-state index contributed by atoms with van der Waals surface area (Å²) >= 11 is 6.31. The lowest BCUT2D eigenvalue weighted by atomic mass is 10.1. The molecule has 4 aromatic rings. The van der Waals surface area contributed by atoms with E-state index in [1.165, 1.54) is 12.1 Å². The molecule has 0 saturated carbocycles. The number of hydrogen-bond donors (Lipinski definition) is 2. The van der Waals surface area contributed by atoms with Crippen LogP contribution in [0.2, 0.25) is 5.02 Å². The van der Waals surface area contributed by atoms with Crippen LogP contribution in [0.4, 0.5) is 5.69 Å². The molecule has 39 heavy (non-hydrogen) atoms. The molecule has 0 atom stereocenters. The van der Waals surface area contributed by atoms with Crippen LogP contribution in [0.25, 0.3) is 17.4 Å². The van der Waals surface area contributed by atoms with Gasteiger partial charge in [-0.25, -0.2) is 4.79 Å². The molecule has 2 amide bonds. The number of carboxylic acids is 1. The summed E-state index contributed by atoms with van der Waals surface area (Å²) in [5.74, 6) is -0.912. The van der Waals surface area contributed by atoms with E-state index >= 15 is 0 Å². The number of carbonyl (C=O) groups excluding carboxylic acids is 2. The quantitative estimate of drug-likeness (QED) is 0.278. The topological polar surface area (TPSA) is 112 Å². The molecule has 0 radical (unpaired) electrons. The summed E-state index contributed by atoms with van der Waals surface area (Å²) < 4.78 is 5.97. The maximum absolute atomic E-state index is 13.1. The molecule has 0 fully saturated rings. The Labute approximate surface area is 228 Å². The molecule has 2 heterocycles. The fourth-order valence-corrected chi connectivity index (χ4v) is 4.29. The van der Waals surface area contributed by atoms with Crippen molar-refractivity contribution in [2.45, 2.75) is 13.5 Å². The van der Waals surface area contributed by atoms with Crippen molar-refractivity contribution in [3.63, 3.8) is 0 Å². The third kappa shape index (κ3) is 5.51. The zero-order valence-electron chi connectivity index (χ0n) is 20.7. The molecule has 9 heteroatoms. The van der Waals surface area contributed by atoms with Crippen LogP contribution < -0.4 is 10.3 Å². The van der Waals surface area contributed by atoms with Crippen molar-refractivity contribution in [2.75, 3.05) is 5.01 Å². The average Bonchev–Trinajstić information content (AvgIpc) is 3.53. The van der Waals surface area contributed by atoms with Gasteiger partial charge >= 0.3 is 5.97 Å². The standard InChI is InChI=1S/C30H22ClN3O5/c1-18-24(29(36)34(33-18)22-9-5-8-21(14-22)30(37)38)16-23-11-13-27(39-23)20-10-12-26(31)25(15-20)28(35)32-17-19-6-3-2-4-7-19/h2-16H,17H2,1H3,(H,32,35)(H,37,38)/b24-16-. The highest BCUT2D eigenvalue weighted by Crippen LogP contribution is 2.30. The van der Waals surface area contributed by atoms with Gasteiger partial charge in [-0.2, -0.15) is 10.1 Å². The lowest BCUT2D eigenvalue weighted by Gasteiger charge is -2.12. The summed E-state index contributed by atoms with van der Waals surface area (Å²) in [7, 11) is 0. The van der Waals surface area contributed by atoms with Gasteiger partial charge in [0, 0.05) is 12.1 Å². The largest absolute Gasteiger partial charge is 0.478 e. The Hall–Kier alpha value is -4.95. The van der Waals surface area contributed by atoms with Gasteiger partial charge < -0.3 is 14.8 Å². The molecule has 3 aromatic carbocycles. The third-order valence-electron chi connectivity index (χ3n) is 6.11. The van der Waals surface area contributed by atoms with Gasteiger partial charge in [0.1, 0.15) is 11.5 Å². The molecular formula is C30H22ClN3O5. The van der Waals surface area contributed by atoms with Gasteiger partial charge in [-0.05, 0) is 67.1 Å². The highest BCUT2D eigenvalue weighted by Gasteiger charge is 2.29. The van der Waals surface area contributed by atoms with Crippen LogP contribution in [0.1, 0.15) is 39.0 Å². The number of amides is 2. The second-order valence-corrected chi connectivity index (χ2v) is 9.19. The minimum Gasteiger partial charge on any atom is -0.478 e. The van der Waals surface area contributed by atoms with Crippen LogP contribution in [-0.4, -0.2) is 28.6 Å². The first-order chi connectivity index (χ1) is 18.8. The van der Waals surface area contributed by atoms with Crippen LogP contribution in [0.3, 0.4) is 0 Å². The second kappa shape index (κ2) is 10.8. The van der Waals surface area contributed by atoms with Crippen molar-refractivity contribution in [1.82, 2.24) is 5.32 Å². The van der Waals surface area contributed by atoms with Crippen molar-refractivity contribution >= 4 is 46.9 Å². The molecule has 5 rings (SSSR count). The molecule has 8 nitrogen and oxygen atoms in total. The SMILES string of the molecule is CC1=NN(c2cccc(C(=O)O)c2)C(=O)/C1=C\c1ccc(-c2ccc(Cl)c(C(=O)NCc3ccccc3)c2)o1. The number of benzene rings is 3. The summed E-state index contributed by atoms with van der Waals surface area (Å²) in [4.78, 5) is 37.2. The Bertz CT molecular complexity index is 1660. The fraction of sp³-hybridized carbons (Fsp3) is 0.0667. The molecule has 1 aliphatic rings. The monoisotopic (exact) mass is 539 g/mol. The molecule has 0 aliphatic carbocycles. The number of aromatic carboxylic acids is 1. The van der Waals surface area contributed by atoms with Crippen LogP contribution in [0.15, 0.2) is 100 Å². The van der Waals surface area contributed by atoms with Gasteiger partial charge in [-0.3, -0.25) is 9.59 Å². The maximum atomic E-state index is 13.1. The minimum absolute atomic E-state index is 0.0531. The molecule has 0 unspecified atom stereocenters. The van der Waals surface area contributed by atoms with Crippen molar-refractivity contribution in [1.29, 1.82) is 0 Å². The molecule has 2 N–H and O–H groups in total. The first-order valence-electron chi connectivity index (χ1n) is 12.0. The Morgan fingerprint density at radius 2 is 1.82 bits per heavy atom. The van der Waals surface area contributed by atoms with Crippen LogP contribution in [-0.2, 0) is 11.3 Å². The summed E-state index contributed by atoms with van der Waals surface area (Å²) in [5, 5.41) is 17.9. The Morgan fingerprint density at radius 1 is 1.03 bits per heavy atom. The highest BCUT2D eigenvalue weighted by atomic mass is 35.5. The minimum atomic E-state index is -1.10. The Morgan fingerprint density at radius 3 is 2.59 bits per heavy atom. The number of nitrogens with zero attached hydrogens (tertiary/aromatic N) is 2. The fourth-order valence-electron chi connectivity index (χ4n) is 4.08. The van der Waals surface area contributed by atoms with Crippen molar-refractivity contribution in [2.24, 2.45) is 5.10 Å². The number of halogens is 1. The molecule has 1 aromatic heterocycles. The highest BCUT2D eigenvalue weighted by molar-refractivity contribution is 6.34. The molecule has 1 aliphatic heterocycles. The lowest BCUT2D eigenvalue weighted by molar-refractivity contribution is -0.114. The number of rotatable bonds is 7. The zero-order valence-corrected chi connectivity index (χ0v) is 21.5. The normalized spacial score (nSPS) is 14.0. The molecular weight excluding hydrogens is 518 g/mol. The van der Waals surface area contributed by atoms with Crippen LogP contribution in [0.5, 0.6) is 0 Å². The van der Waals surface area contributed by atoms with Crippen molar-refractivity contribution in [3.8, 4) is 11.3 Å². The van der Waals surface area contributed by atoms with Gasteiger partial charge in [0.05, 0.1) is 33.1 Å². The number of furan rings is 1. The van der Waals surface area contributed by atoms with E-state index in [2.05, 4.69) is 10.4 Å². The predicted octanol–water partition coefficient (Wildman–Crippen LogP) is 6.03. The second-order valence-electron chi connectivity index (χ2n) is 8.78. The van der Waals surface area contributed by atoms with E-state index < -0.39 is 11.9 Å². The average molecular weight is 540 g/mol. The van der Waals surface area contributed by atoms with E-state index in [0.29, 0.717) is 51.2 Å². The van der Waals surface area contributed by atoms with Crippen molar-refractivity contribution in [3.05, 3.63) is 118 Å². The number of hydrazone groups is 1. The number of anilines is 1. The number of carbonyl (C=O) groups is 3. The molecule has 0 spiro atoms. The predicted molar refractivity (Wildman–Crippen MR) is 149 cm³/mol. The van der Waals surface area contributed by atoms with Crippen LogP contribution >= 0.6 is 11.6 Å². The number of hydrogen-bond acceptors (Lipinski definition) is 5. The number of carboxylic acid groups (broad SMARTS) is 1. The summed E-state index contributed by atoms with van der Waals surface area (Å²) in [5.41, 5.74) is 3.10. The molecule has 0 saturated heterocycles. The van der Waals surface area contributed by atoms with Gasteiger partial charge in [0.15, 0.2) is 0 Å². The van der Waals surface area contributed by atoms with E-state index in [-0.39, 0.29) is 11.5 Å². The first-order valence-corrected chi connectivity index (χ1v) is 12.3. The Kier molecular flexibility index (Phi) is 7.12. The lowest BCUT2D eigenvalue weighted by Crippen LogP contribution is -2.23. The van der Waals surface area contributed by atoms with Gasteiger partial charge in [-0.15, -0.1) is 0 Å². The summed E-state index contributed by atoms with van der Waals surface area (Å²) in [6, 6.07) is 24.0. The number of nitrogens with one attached hydrogen (secondary N) is 1. The smallest absolute Gasteiger partial charge is 0.335 e. The van der Waals surface area contributed by atoms with E-state index in [4.69, 9.17) is 16.0 Å².